The van der Waals surface area contributed by atoms with E-state index < -0.39 is 23.6 Å². The van der Waals surface area contributed by atoms with Gasteiger partial charge in [0.05, 0.1) is 37.5 Å². The van der Waals surface area contributed by atoms with Crippen LogP contribution in [-0.2, 0) is 16.0 Å². The number of carbonyl (C=O) groups excluding carboxylic acids is 2. The van der Waals surface area contributed by atoms with E-state index in [9.17, 15) is 27.9 Å². The van der Waals surface area contributed by atoms with Crippen molar-refractivity contribution in [1.29, 1.82) is 0 Å². The highest BCUT2D eigenvalue weighted by Gasteiger charge is 2.33. The number of morpholine rings is 1. The van der Waals surface area contributed by atoms with Gasteiger partial charge in [-0.05, 0) is 50.8 Å². The third-order valence-electron chi connectivity index (χ3n) is 6.80. The molecule has 0 atom stereocenters. The van der Waals surface area contributed by atoms with Gasteiger partial charge in [-0.2, -0.15) is 0 Å². The van der Waals surface area contributed by atoms with Gasteiger partial charge in [-0.3, -0.25) is 14.5 Å². The van der Waals surface area contributed by atoms with Crippen molar-refractivity contribution in [2.75, 3.05) is 56.2 Å². The molecular formula is C25H32F3N5O5S. The van der Waals surface area contributed by atoms with Crippen LogP contribution in [0.15, 0.2) is 18.2 Å². The molecule has 0 spiro atoms. The number of amides is 1. The molecule has 0 bridgehead atoms. The summed E-state index contributed by atoms with van der Waals surface area (Å²) in [4.78, 5) is 29.4. The molecule has 1 aromatic heterocycles. The Morgan fingerprint density at radius 1 is 1.15 bits per heavy atom. The second-order valence-corrected chi connectivity index (χ2v) is 11.2. The second kappa shape index (κ2) is 12.1. The zero-order valence-electron chi connectivity index (χ0n) is 21.8. The van der Waals surface area contributed by atoms with Crippen LogP contribution in [-0.4, -0.2) is 89.8 Å². The summed E-state index contributed by atoms with van der Waals surface area (Å²) >= 11 is 1.28. The number of nitrogens with zero attached hydrogens (tertiary/aromatic N) is 4. The van der Waals surface area contributed by atoms with Gasteiger partial charge in [-0.15, -0.1) is 23.4 Å². The minimum atomic E-state index is -4.97. The minimum absolute atomic E-state index is 0.0341. The largest absolute Gasteiger partial charge is 0.573 e. The molecule has 14 heteroatoms. The van der Waals surface area contributed by atoms with Gasteiger partial charge in [0.15, 0.2) is 11.5 Å². The summed E-state index contributed by atoms with van der Waals surface area (Å²) in [6.07, 6.45) is -3.45. The Morgan fingerprint density at radius 2 is 1.85 bits per heavy atom. The van der Waals surface area contributed by atoms with Crippen molar-refractivity contribution in [3.8, 4) is 5.75 Å². The number of carbonyl (C=O) groups is 2. The van der Waals surface area contributed by atoms with E-state index in [0.717, 1.165) is 18.9 Å². The molecule has 0 radical (unpaired) electrons. The smallest absolute Gasteiger partial charge is 0.404 e. The van der Waals surface area contributed by atoms with Crippen LogP contribution in [0.25, 0.3) is 0 Å². The van der Waals surface area contributed by atoms with Crippen LogP contribution in [0.1, 0.15) is 42.1 Å². The Morgan fingerprint density at radius 3 is 2.49 bits per heavy atom. The number of benzene rings is 1. The molecule has 3 heterocycles. The first-order chi connectivity index (χ1) is 18.4. The number of aromatic nitrogens is 2. The Labute approximate surface area is 228 Å². The zero-order chi connectivity index (χ0) is 28.2. The molecule has 0 unspecified atom stereocenters. The quantitative estimate of drug-likeness (QED) is 0.438. The first kappa shape index (κ1) is 29.2. The minimum Gasteiger partial charge on any atom is -0.404 e. The summed E-state index contributed by atoms with van der Waals surface area (Å²) in [7, 11) is 0. The summed E-state index contributed by atoms with van der Waals surface area (Å²) in [6, 6.07) is 3.43. The third-order valence-corrected chi connectivity index (χ3v) is 7.79. The Balaban J connectivity index is 1.42. The molecule has 2 aliphatic heterocycles. The molecule has 0 saturated carbocycles. The molecule has 214 valence electrons. The molecule has 1 aromatic carbocycles. The molecule has 4 rings (SSSR count). The number of hydrogen-bond donors (Lipinski definition) is 2. The van der Waals surface area contributed by atoms with Crippen molar-refractivity contribution in [1.82, 2.24) is 15.1 Å². The van der Waals surface area contributed by atoms with Crippen molar-refractivity contribution >= 4 is 33.8 Å². The number of anilines is 2. The van der Waals surface area contributed by atoms with Gasteiger partial charge in [0.1, 0.15) is 5.01 Å². The summed E-state index contributed by atoms with van der Waals surface area (Å²) in [5.41, 5.74) is -0.884. The number of hydrogen-bond acceptors (Lipinski definition) is 10. The molecule has 10 nitrogen and oxygen atoms in total. The fourth-order valence-electron chi connectivity index (χ4n) is 4.63. The zero-order valence-corrected chi connectivity index (χ0v) is 22.6. The fraction of sp³-hybridized carbons (Fsp3) is 0.600. The first-order valence-electron chi connectivity index (χ1n) is 12.7. The molecule has 2 saturated heterocycles. The first-order valence-corrected chi connectivity index (χ1v) is 13.5. The molecule has 1 amide bonds. The van der Waals surface area contributed by atoms with Crippen LogP contribution in [0.3, 0.4) is 0 Å². The van der Waals surface area contributed by atoms with Crippen molar-refractivity contribution < 1.29 is 37.3 Å². The second-order valence-electron chi connectivity index (χ2n) is 10.2. The standard InChI is InChI=1S/C25H32F3N5O5S/c1-24(2,36)17-5-7-33(8-6-17)23-31-30-22(39-23)14-19(34)16-3-4-20(38-25(26,27)28)18(13-16)29-21(35)15-32-9-11-37-12-10-32/h3-4,13,17,36H,5-12,14-15H2,1-2H3,(H,29,35). The van der Waals surface area contributed by atoms with Gasteiger partial charge < -0.3 is 24.8 Å². The lowest BCUT2D eigenvalue weighted by Crippen LogP contribution is -2.41. The van der Waals surface area contributed by atoms with Crippen molar-refractivity contribution in [2.45, 2.75) is 45.1 Å². The number of piperidine rings is 1. The molecule has 2 N–H and O–H groups in total. The Kier molecular flexibility index (Phi) is 9.09. The van der Waals surface area contributed by atoms with Gasteiger partial charge in [0, 0.05) is 31.7 Å². The van der Waals surface area contributed by atoms with Gasteiger partial charge in [-0.25, -0.2) is 0 Å². The molecule has 2 aromatic rings. The average molecular weight is 572 g/mol. The van der Waals surface area contributed by atoms with E-state index in [1.807, 2.05) is 18.7 Å². The Bertz CT molecular complexity index is 1160. The number of aliphatic hydroxyl groups is 1. The van der Waals surface area contributed by atoms with E-state index in [-0.39, 0.29) is 35.9 Å². The Hall–Kier alpha value is -2.81. The van der Waals surface area contributed by atoms with Gasteiger partial charge in [-0.1, -0.05) is 11.3 Å². The molecular weight excluding hydrogens is 539 g/mol. The fourth-order valence-corrected chi connectivity index (χ4v) is 5.52. The topological polar surface area (TPSA) is 117 Å². The van der Waals surface area contributed by atoms with E-state index in [0.29, 0.717) is 49.5 Å². The summed E-state index contributed by atoms with van der Waals surface area (Å²) in [5.74, 6) is -1.34. The van der Waals surface area contributed by atoms with E-state index in [1.54, 1.807) is 0 Å². The molecule has 39 heavy (non-hydrogen) atoms. The number of alkyl halides is 3. The lowest BCUT2D eigenvalue weighted by Gasteiger charge is -2.37. The van der Waals surface area contributed by atoms with Gasteiger partial charge >= 0.3 is 6.36 Å². The highest BCUT2D eigenvalue weighted by Crippen LogP contribution is 2.33. The van der Waals surface area contributed by atoms with Crippen LogP contribution in [0, 0.1) is 5.92 Å². The summed E-state index contributed by atoms with van der Waals surface area (Å²) < 4.78 is 48.2. The van der Waals surface area contributed by atoms with Crippen LogP contribution >= 0.6 is 11.3 Å². The third kappa shape index (κ3) is 8.34. The lowest BCUT2D eigenvalue weighted by atomic mass is 9.83. The number of halogens is 3. The van der Waals surface area contributed by atoms with E-state index in [1.165, 1.54) is 23.5 Å². The van der Waals surface area contributed by atoms with E-state index in [4.69, 9.17) is 4.74 Å². The normalized spacial score (nSPS) is 17.7. The summed E-state index contributed by atoms with van der Waals surface area (Å²) in [5, 5.41) is 22.2. The van der Waals surface area contributed by atoms with Crippen molar-refractivity contribution in [2.24, 2.45) is 5.92 Å². The van der Waals surface area contributed by atoms with Crippen LogP contribution in [0.5, 0.6) is 5.75 Å². The maximum absolute atomic E-state index is 13.0. The number of ether oxygens (including phenoxy) is 2. The summed E-state index contributed by atoms with van der Waals surface area (Å²) in [6.45, 7) is 7.00. The highest BCUT2D eigenvalue weighted by atomic mass is 32.1. The molecule has 2 fully saturated rings. The predicted molar refractivity (Wildman–Crippen MR) is 138 cm³/mol. The maximum atomic E-state index is 13.0. The van der Waals surface area contributed by atoms with Crippen LogP contribution in [0.4, 0.5) is 24.0 Å². The molecule has 0 aliphatic carbocycles. The van der Waals surface area contributed by atoms with Crippen molar-refractivity contribution in [3.63, 3.8) is 0 Å². The predicted octanol–water partition coefficient (Wildman–Crippen LogP) is 3.12. The van der Waals surface area contributed by atoms with Gasteiger partial charge in [0.2, 0.25) is 11.0 Å². The highest BCUT2D eigenvalue weighted by molar-refractivity contribution is 7.15. The maximum Gasteiger partial charge on any atom is 0.573 e. The van der Waals surface area contributed by atoms with Crippen LogP contribution < -0.4 is 15.0 Å². The average Bonchev–Trinajstić information content (AvgIpc) is 3.33. The number of nitrogens with one attached hydrogen (secondary N) is 1. The number of Topliss-reactive ketones (excluding diaryl/α,β-unsaturated/α-hetero) is 1. The van der Waals surface area contributed by atoms with E-state index in [2.05, 4.69) is 25.2 Å². The SMILES string of the molecule is CC(C)(O)C1CCN(c2nnc(CC(=O)c3ccc(OC(F)(F)F)c(NC(=O)CN4CCOCC4)c3)s2)CC1. The monoisotopic (exact) mass is 571 g/mol. The number of ketones is 1. The molecule has 2 aliphatic rings. The van der Waals surface area contributed by atoms with E-state index >= 15 is 0 Å². The van der Waals surface area contributed by atoms with Crippen molar-refractivity contribution in [3.05, 3.63) is 28.8 Å². The van der Waals surface area contributed by atoms with Crippen LogP contribution in [0.2, 0.25) is 0 Å². The lowest BCUT2D eigenvalue weighted by molar-refractivity contribution is -0.274. The number of rotatable bonds is 9. The van der Waals surface area contributed by atoms with Gasteiger partial charge in [0.25, 0.3) is 0 Å².